The summed E-state index contributed by atoms with van der Waals surface area (Å²) in [6.07, 6.45) is 0. The van der Waals surface area contributed by atoms with Crippen LogP contribution in [0.5, 0.6) is 0 Å². The molecule has 0 bridgehead atoms. The van der Waals surface area contributed by atoms with Crippen LogP contribution in [-0.4, -0.2) is 14.7 Å². The van der Waals surface area contributed by atoms with E-state index in [1.807, 2.05) is 0 Å². The van der Waals surface area contributed by atoms with Gasteiger partial charge in [0.2, 0.25) is 0 Å². The van der Waals surface area contributed by atoms with Gasteiger partial charge >= 0.3 is 7.82 Å². The molecule has 0 atom stereocenters. The van der Waals surface area contributed by atoms with Crippen LogP contribution in [0.15, 0.2) is 0 Å². The summed E-state index contributed by atoms with van der Waals surface area (Å²) >= 11 is 0. The molecule has 0 aromatic rings. The van der Waals surface area contributed by atoms with Gasteiger partial charge < -0.3 is 14.7 Å². The molecule has 0 aromatic carbocycles. The zero-order chi connectivity index (χ0) is 4.50. The smallest absolute Gasteiger partial charge is 0.303 e. The molecule has 8 heteroatoms. The molecule has 0 unspecified atom stereocenters. The second-order valence-electron chi connectivity index (χ2n) is 0.513. The maximum atomic E-state index is 8.88. The summed E-state index contributed by atoms with van der Waals surface area (Å²) in [5.74, 6) is 0. The van der Waals surface area contributed by atoms with Gasteiger partial charge in [0.05, 0.1) is 0 Å². The molecule has 0 rings (SSSR count). The van der Waals surface area contributed by atoms with Crippen LogP contribution in [0.25, 0.3) is 0 Å². The Labute approximate surface area is 92.4 Å². The Kier molecular flexibility index (Phi) is 25.6. The topological polar surface area (TPSA) is 77.8 Å². The largest absolute Gasteiger partial charge is 0.466 e. The Hall–Kier alpha value is 2.12. The fourth-order valence-electron chi connectivity index (χ4n) is 0. The van der Waals surface area contributed by atoms with Gasteiger partial charge in [-0.3, -0.25) is 0 Å². The number of hydrogen-bond donors (Lipinski definition) is 3. The summed E-state index contributed by atoms with van der Waals surface area (Å²) in [5.41, 5.74) is 0. The molecule has 0 fully saturated rings. The van der Waals surface area contributed by atoms with Crippen molar-refractivity contribution in [3.63, 3.8) is 0 Å². The first-order chi connectivity index (χ1) is 2.00. The number of hydrogen-bond acceptors (Lipinski definition) is 1. The SMILES string of the molecule is O=P(O)(O)O.[F].[La].[Zr]. The van der Waals surface area contributed by atoms with E-state index in [9.17, 15) is 0 Å². The van der Waals surface area contributed by atoms with Crippen molar-refractivity contribution in [2.45, 2.75) is 0 Å². The van der Waals surface area contributed by atoms with E-state index in [1.54, 1.807) is 0 Å². The molecule has 4 nitrogen and oxygen atoms in total. The summed E-state index contributed by atoms with van der Waals surface area (Å²) < 4.78 is 8.88. The fourth-order valence-corrected chi connectivity index (χ4v) is 0. The van der Waals surface area contributed by atoms with E-state index in [2.05, 4.69) is 0 Å². The molecule has 0 aliphatic carbocycles. The van der Waals surface area contributed by atoms with Gasteiger partial charge in [0.1, 0.15) is 0 Å². The molecule has 46 valence electrons. The number of phosphoric acid groups is 1. The zero-order valence-corrected chi connectivity index (χ0v) is 10.6. The Bertz CT molecular complexity index is 62.2. The minimum Gasteiger partial charge on any atom is -0.303 e. The predicted molar refractivity (Wildman–Crippen MR) is 15.4 cm³/mol. The molecular weight excluding hydrogens is 344 g/mol. The third kappa shape index (κ3) is 91.7. The van der Waals surface area contributed by atoms with Gasteiger partial charge in [-0.15, -0.1) is 0 Å². The van der Waals surface area contributed by atoms with E-state index in [0.29, 0.717) is 0 Å². The van der Waals surface area contributed by atoms with Crippen LogP contribution in [0, 0.1) is 35.6 Å². The molecule has 2 radical (unpaired) electrons. The van der Waals surface area contributed by atoms with Crippen molar-refractivity contribution < 1.29 is 85.8 Å². The first kappa shape index (κ1) is 22.5. The normalized spacial score (nSPS) is 7.38. The minimum absolute atomic E-state index is 0. The van der Waals surface area contributed by atoms with Gasteiger partial charge in [-0.05, 0) is 0 Å². The molecule has 0 aliphatic rings. The first-order valence-electron chi connectivity index (χ1n) is 0.783. The van der Waals surface area contributed by atoms with Crippen LogP contribution in [-0.2, 0) is 30.8 Å². The summed E-state index contributed by atoms with van der Waals surface area (Å²) in [6, 6.07) is 0. The Balaban J connectivity index is -0.0000000267. The molecule has 3 N–H and O–H groups in total. The van der Waals surface area contributed by atoms with Gasteiger partial charge in [0.15, 0.2) is 0 Å². The molecule has 0 amide bonds. The van der Waals surface area contributed by atoms with Crippen LogP contribution >= 0.6 is 7.82 Å². The van der Waals surface area contributed by atoms with Crippen LogP contribution in [0.3, 0.4) is 0 Å². The third-order valence-corrected chi connectivity index (χ3v) is 0. The van der Waals surface area contributed by atoms with Crippen molar-refractivity contribution in [1.82, 2.24) is 0 Å². The maximum Gasteiger partial charge on any atom is 0.466 e. The maximum absolute atomic E-state index is 8.88. The molecule has 0 aromatic heterocycles. The van der Waals surface area contributed by atoms with Crippen LogP contribution in [0.1, 0.15) is 0 Å². The van der Waals surface area contributed by atoms with Gasteiger partial charge in [-0.25, -0.2) is 4.57 Å². The van der Waals surface area contributed by atoms with Crippen molar-refractivity contribution in [2.24, 2.45) is 0 Å². The summed E-state index contributed by atoms with van der Waals surface area (Å²) in [6.45, 7) is 0. The summed E-state index contributed by atoms with van der Waals surface area (Å²) in [4.78, 5) is 21.6. The molecule has 0 aliphatic heterocycles. The molecule has 0 saturated carbocycles. The first-order valence-corrected chi connectivity index (χ1v) is 2.35. The monoisotopic (exact) mass is 346 g/mol. The summed E-state index contributed by atoms with van der Waals surface area (Å²) in [5, 5.41) is 0. The molecule has 0 saturated heterocycles. The average molecular weight is 347 g/mol. The fraction of sp³-hybridized carbons (Fsp3) is 0. The van der Waals surface area contributed by atoms with Crippen molar-refractivity contribution in [1.29, 1.82) is 0 Å². The number of rotatable bonds is 0. The third-order valence-electron chi connectivity index (χ3n) is 0. The molecule has 0 heterocycles. The van der Waals surface area contributed by atoms with Crippen molar-refractivity contribution in [3.8, 4) is 0 Å². The van der Waals surface area contributed by atoms with Gasteiger partial charge in [-0.2, -0.15) is 0 Å². The van der Waals surface area contributed by atoms with E-state index in [1.165, 1.54) is 0 Å². The molecule has 0 spiro atoms. The van der Waals surface area contributed by atoms with Crippen LogP contribution in [0.2, 0.25) is 0 Å². The van der Waals surface area contributed by atoms with Crippen molar-refractivity contribution in [2.75, 3.05) is 0 Å². The Morgan fingerprint density at radius 1 is 1.12 bits per heavy atom. The van der Waals surface area contributed by atoms with Crippen molar-refractivity contribution in [3.05, 3.63) is 0 Å². The number of halogens is 1. The Morgan fingerprint density at radius 2 is 1.12 bits per heavy atom. The van der Waals surface area contributed by atoms with Crippen LogP contribution in [0.4, 0.5) is 4.70 Å². The summed E-state index contributed by atoms with van der Waals surface area (Å²) in [7, 11) is -4.64. The van der Waals surface area contributed by atoms with E-state index in [4.69, 9.17) is 19.2 Å². The average Bonchev–Trinajstić information content (AvgIpc) is 0.722. The van der Waals surface area contributed by atoms with Gasteiger partial charge in [-0.1, -0.05) is 0 Å². The van der Waals surface area contributed by atoms with Crippen LogP contribution < -0.4 is 0 Å². The standard InChI is InChI=1S/F.La.H3O4P.Zr/c;;1-5(2,3)4;/h;;(H3,1,2,3,4);. The predicted octanol–water partition coefficient (Wildman–Crippen LogP) is -0.511. The molecule has 8 heavy (non-hydrogen) atoms. The quantitative estimate of drug-likeness (QED) is 0.516. The van der Waals surface area contributed by atoms with Gasteiger partial charge in [0.25, 0.3) is 0 Å². The van der Waals surface area contributed by atoms with E-state index >= 15 is 0 Å². The minimum atomic E-state index is -4.64. The van der Waals surface area contributed by atoms with Gasteiger partial charge in [0, 0.05) is 66.5 Å². The Morgan fingerprint density at radius 3 is 1.12 bits per heavy atom. The second kappa shape index (κ2) is 9.12. The van der Waals surface area contributed by atoms with E-state index in [0.717, 1.165) is 0 Å². The second-order valence-corrected chi connectivity index (χ2v) is 1.54. The van der Waals surface area contributed by atoms with Crippen molar-refractivity contribution >= 4 is 7.82 Å². The zero-order valence-electron chi connectivity index (χ0n) is 3.65. The van der Waals surface area contributed by atoms with E-state index in [-0.39, 0.29) is 66.5 Å². The van der Waals surface area contributed by atoms with E-state index < -0.39 is 7.82 Å². The molecular formula is H3FLaO4PZr.